The van der Waals surface area contributed by atoms with Crippen molar-refractivity contribution in [3.8, 4) is 0 Å². The Kier molecular flexibility index (Phi) is 5.80. The summed E-state index contributed by atoms with van der Waals surface area (Å²) in [6.45, 7) is 3.29. The fourth-order valence-corrected chi connectivity index (χ4v) is 3.56. The Hall–Kier alpha value is -3.59. The first kappa shape index (κ1) is 19.7. The molecule has 0 radical (unpaired) electrons. The highest BCUT2D eigenvalue weighted by atomic mass is 32.1. The molecule has 1 amide bonds. The Morgan fingerprint density at radius 1 is 1.27 bits per heavy atom. The number of carbonyl (C=O) groups is 1. The van der Waals surface area contributed by atoms with Crippen molar-refractivity contribution in [2.24, 2.45) is 0 Å². The number of nitrogens with zero attached hydrogens (tertiary/aromatic N) is 5. The van der Waals surface area contributed by atoms with Crippen LogP contribution >= 0.6 is 11.3 Å². The zero-order valence-corrected chi connectivity index (χ0v) is 17.0. The van der Waals surface area contributed by atoms with E-state index in [1.807, 2.05) is 28.3 Å². The topological polar surface area (TPSA) is 77.6 Å². The maximum absolute atomic E-state index is 13.3. The number of hydrogen-bond donors (Lipinski definition) is 1. The number of anilines is 1. The van der Waals surface area contributed by atoms with E-state index in [2.05, 4.69) is 27.2 Å². The molecule has 0 saturated carbocycles. The number of halogens is 1. The van der Waals surface area contributed by atoms with Gasteiger partial charge in [0.05, 0.1) is 17.7 Å². The molecule has 0 aliphatic heterocycles. The van der Waals surface area contributed by atoms with Gasteiger partial charge in [0.15, 0.2) is 5.13 Å². The summed E-state index contributed by atoms with van der Waals surface area (Å²) in [4.78, 5) is 25.0. The number of aromatic nitrogens is 5. The molecule has 0 saturated heterocycles. The van der Waals surface area contributed by atoms with Crippen LogP contribution in [0.5, 0.6) is 0 Å². The van der Waals surface area contributed by atoms with E-state index in [1.165, 1.54) is 23.6 Å². The van der Waals surface area contributed by atoms with Crippen LogP contribution in [0.2, 0.25) is 0 Å². The lowest BCUT2D eigenvalue weighted by Gasteiger charge is -2.09. The summed E-state index contributed by atoms with van der Waals surface area (Å²) in [7, 11) is 0. The Morgan fingerprint density at radius 3 is 2.93 bits per heavy atom. The van der Waals surface area contributed by atoms with Crippen LogP contribution in [-0.2, 0) is 13.1 Å². The van der Waals surface area contributed by atoms with Crippen LogP contribution in [0, 0.1) is 5.95 Å². The average Bonchev–Trinajstić information content (AvgIpc) is 3.47. The summed E-state index contributed by atoms with van der Waals surface area (Å²) in [5, 5.41) is 5.19. The van der Waals surface area contributed by atoms with Crippen LogP contribution < -0.4 is 5.32 Å². The van der Waals surface area contributed by atoms with Crippen LogP contribution in [0.4, 0.5) is 9.52 Å². The highest BCUT2D eigenvalue weighted by Gasteiger charge is 2.13. The first-order valence-corrected chi connectivity index (χ1v) is 10.2. The molecule has 0 aromatic carbocycles. The molecule has 0 aliphatic carbocycles. The van der Waals surface area contributed by atoms with Gasteiger partial charge in [-0.3, -0.25) is 10.1 Å². The number of rotatable bonds is 7. The third kappa shape index (κ3) is 4.69. The van der Waals surface area contributed by atoms with Crippen molar-refractivity contribution in [3.63, 3.8) is 0 Å². The van der Waals surface area contributed by atoms with Gasteiger partial charge in [-0.2, -0.15) is 4.39 Å². The largest absolute Gasteiger partial charge is 0.339 e. The second kappa shape index (κ2) is 8.83. The van der Waals surface area contributed by atoms with Crippen molar-refractivity contribution in [1.29, 1.82) is 0 Å². The highest BCUT2D eigenvalue weighted by Crippen LogP contribution is 2.19. The zero-order valence-electron chi connectivity index (χ0n) is 16.2. The molecule has 4 heterocycles. The molecule has 1 N–H and O–H groups in total. The van der Waals surface area contributed by atoms with Gasteiger partial charge in [0.1, 0.15) is 5.69 Å². The molecule has 152 valence electrons. The maximum Gasteiger partial charge on any atom is 0.274 e. The van der Waals surface area contributed by atoms with Crippen molar-refractivity contribution in [2.45, 2.75) is 20.0 Å². The van der Waals surface area contributed by atoms with Gasteiger partial charge in [-0.05, 0) is 48.9 Å². The Labute approximate surface area is 176 Å². The first-order chi connectivity index (χ1) is 14.6. The van der Waals surface area contributed by atoms with E-state index < -0.39 is 5.95 Å². The summed E-state index contributed by atoms with van der Waals surface area (Å²) < 4.78 is 17.1. The van der Waals surface area contributed by atoms with E-state index in [-0.39, 0.29) is 5.91 Å². The predicted molar refractivity (Wildman–Crippen MR) is 115 cm³/mol. The molecule has 0 aliphatic rings. The molecule has 0 fully saturated rings. The summed E-state index contributed by atoms with van der Waals surface area (Å²) >= 11 is 1.34. The number of hydrogen-bond acceptors (Lipinski definition) is 5. The predicted octanol–water partition coefficient (Wildman–Crippen LogP) is 4.17. The van der Waals surface area contributed by atoms with Crippen LogP contribution in [0.25, 0.3) is 12.2 Å². The zero-order chi connectivity index (χ0) is 20.9. The number of aryl methyl sites for hydroxylation is 1. The van der Waals surface area contributed by atoms with E-state index >= 15 is 0 Å². The van der Waals surface area contributed by atoms with Gasteiger partial charge in [0, 0.05) is 37.1 Å². The Balaban J connectivity index is 1.42. The molecule has 4 rings (SSSR count). The molecule has 0 atom stereocenters. The maximum atomic E-state index is 13.3. The summed E-state index contributed by atoms with van der Waals surface area (Å²) in [6.07, 6.45) is 10.7. The van der Waals surface area contributed by atoms with Gasteiger partial charge in [-0.15, -0.1) is 11.3 Å². The van der Waals surface area contributed by atoms with Crippen molar-refractivity contribution in [1.82, 2.24) is 24.1 Å². The molecule has 0 unspecified atom stereocenters. The lowest BCUT2D eigenvalue weighted by Crippen LogP contribution is -2.17. The molecule has 7 nitrogen and oxygen atoms in total. The van der Waals surface area contributed by atoms with Gasteiger partial charge in [0.2, 0.25) is 5.95 Å². The standard InChI is InChI=1S/C21H19FN6OS/c1-2-27-12-16(24-14-27)5-6-17-13-30-21(25-17)26-20(29)18-4-3-9-28(18)11-15-7-8-23-19(22)10-15/h3-10,12-14H,2,11H2,1H3,(H,25,26,29)/b6-5+. The minimum Gasteiger partial charge on any atom is -0.339 e. The third-order valence-electron chi connectivity index (χ3n) is 4.39. The Bertz CT molecular complexity index is 1190. The van der Waals surface area contributed by atoms with E-state index in [0.717, 1.165) is 23.5 Å². The molecule has 4 aromatic heterocycles. The minimum atomic E-state index is -0.546. The first-order valence-electron chi connectivity index (χ1n) is 9.33. The van der Waals surface area contributed by atoms with Crippen molar-refractivity contribution >= 4 is 34.5 Å². The fraction of sp³-hybridized carbons (Fsp3) is 0.143. The smallest absolute Gasteiger partial charge is 0.274 e. The second-order valence-electron chi connectivity index (χ2n) is 6.50. The fourth-order valence-electron chi connectivity index (χ4n) is 2.88. The monoisotopic (exact) mass is 422 g/mol. The highest BCUT2D eigenvalue weighted by molar-refractivity contribution is 7.14. The summed E-state index contributed by atoms with van der Waals surface area (Å²) in [6, 6.07) is 6.56. The average molecular weight is 422 g/mol. The number of nitrogens with one attached hydrogen (secondary N) is 1. The molecule has 0 bridgehead atoms. The van der Waals surface area contributed by atoms with E-state index in [4.69, 9.17) is 0 Å². The molecular weight excluding hydrogens is 403 g/mol. The van der Waals surface area contributed by atoms with Gasteiger partial charge >= 0.3 is 0 Å². The van der Waals surface area contributed by atoms with Crippen LogP contribution in [0.1, 0.15) is 34.4 Å². The number of pyridine rings is 1. The normalized spacial score (nSPS) is 11.3. The Morgan fingerprint density at radius 2 is 2.13 bits per heavy atom. The quantitative estimate of drug-likeness (QED) is 0.454. The van der Waals surface area contributed by atoms with E-state index in [1.54, 1.807) is 35.3 Å². The summed E-state index contributed by atoms with van der Waals surface area (Å²) in [5.41, 5.74) is 2.77. The number of carbonyl (C=O) groups excluding carboxylic acids is 1. The van der Waals surface area contributed by atoms with Gasteiger partial charge in [-0.25, -0.2) is 15.0 Å². The lowest BCUT2D eigenvalue weighted by molar-refractivity contribution is 0.101. The SMILES string of the molecule is CCn1cnc(/C=C/c2csc(NC(=O)c3cccn3Cc3ccnc(F)c3)n2)c1. The number of thiazole rings is 1. The number of imidazole rings is 1. The summed E-state index contributed by atoms with van der Waals surface area (Å²) in [5.74, 6) is -0.823. The second-order valence-corrected chi connectivity index (χ2v) is 7.36. The van der Waals surface area contributed by atoms with Crippen LogP contribution in [-0.4, -0.2) is 30.0 Å². The third-order valence-corrected chi connectivity index (χ3v) is 5.17. The number of amides is 1. The van der Waals surface area contributed by atoms with Crippen molar-refractivity contribution in [3.05, 3.63) is 83.2 Å². The van der Waals surface area contributed by atoms with E-state index in [0.29, 0.717) is 17.4 Å². The molecule has 30 heavy (non-hydrogen) atoms. The molecule has 9 heteroatoms. The molecular formula is C21H19FN6OS. The minimum absolute atomic E-state index is 0.277. The lowest BCUT2D eigenvalue weighted by atomic mass is 10.2. The molecule has 0 spiro atoms. The van der Waals surface area contributed by atoms with Crippen molar-refractivity contribution in [2.75, 3.05) is 5.32 Å². The van der Waals surface area contributed by atoms with Gasteiger partial charge < -0.3 is 9.13 Å². The van der Waals surface area contributed by atoms with Gasteiger partial charge in [0.25, 0.3) is 5.91 Å². The van der Waals surface area contributed by atoms with E-state index in [9.17, 15) is 9.18 Å². The molecule has 4 aromatic rings. The van der Waals surface area contributed by atoms with Gasteiger partial charge in [-0.1, -0.05) is 0 Å². The van der Waals surface area contributed by atoms with Crippen LogP contribution in [0.15, 0.2) is 54.6 Å². The van der Waals surface area contributed by atoms with Crippen molar-refractivity contribution < 1.29 is 9.18 Å². The van der Waals surface area contributed by atoms with Crippen LogP contribution in [0.3, 0.4) is 0 Å².